The van der Waals surface area contributed by atoms with E-state index in [2.05, 4.69) is 27.4 Å². The molecule has 0 aromatic heterocycles. The maximum atomic E-state index is 5.41. The van der Waals surface area contributed by atoms with Gasteiger partial charge in [0.25, 0.3) is 0 Å². The summed E-state index contributed by atoms with van der Waals surface area (Å²) in [6.45, 7) is 6.52. The fourth-order valence-corrected chi connectivity index (χ4v) is 3.21. The molecule has 1 aromatic carbocycles. The average Bonchev–Trinajstić information content (AvgIpc) is 3.23. The summed E-state index contributed by atoms with van der Waals surface area (Å²) in [4.78, 5) is 6.83. The van der Waals surface area contributed by atoms with Gasteiger partial charge < -0.3 is 20.1 Å². The first kappa shape index (κ1) is 19.1. The van der Waals surface area contributed by atoms with Crippen LogP contribution in [0.1, 0.15) is 25.3 Å². The molecule has 1 fully saturated rings. The summed E-state index contributed by atoms with van der Waals surface area (Å²) >= 11 is 0. The van der Waals surface area contributed by atoms with E-state index in [0.717, 1.165) is 36.1 Å². The zero-order valence-electron chi connectivity index (χ0n) is 14.4. The van der Waals surface area contributed by atoms with E-state index in [9.17, 15) is 0 Å². The second kappa shape index (κ2) is 9.31. The highest BCUT2D eigenvalue weighted by molar-refractivity contribution is 14.0. The molecule has 1 atom stereocenters. The van der Waals surface area contributed by atoms with Crippen LogP contribution >= 0.6 is 24.0 Å². The molecule has 0 bridgehead atoms. The van der Waals surface area contributed by atoms with Crippen LogP contribution in [0.15, 0.2) is 23.2 Å². The van der Waals surface area contributed by atoms with Gasteiger partial charge in [-0.25, -0.2) is 0 Å². The third kappa shape index (κ3) is 4.66. The van der Waals surface area contributed by atoms with Crippen LogP contribution in [0.2, 0.25) is 0 Å². The lowest BCUT2D eigenvalue weighted by Gasteiger charge is -2.24. The number of likely N-dealkylation sites (tertiary alicyclic amines) is 1. The Bertz CT molecular complexity index is 568. The van der Waals surface area contributed by atoms with Crippen molar-refractivity contribution in [2.75, 3.05) is 33.5 Å². The zero-order valence-corrected chi connectivity index (χ0v) is 16.7. The lowest BCUT2D eigenvalue weighted by atomic mass is 10.2. The standard InChI is InChI=1S/C17H26N4O2.HI/c1-3-21-8-4-5-14(21)11-20-17(18-2)19-10-13-6-7-15-16(9-13)23-12-22-15;/h6-7,9,14H,3-5,8,10-12H2,1-2H3,(H2,18,19,20);1H. The molecular formula is C17H27IN4O2. The predicted octanol–water partition coefficient (Wildman–Crippen LogP) is 2.18. The third-order valence-corrected chi connectivity index (χ3v) is 4.53. The first-order chi connectivity index (χ1) is 11.3. The van der Waals surface area contributed by atoms with Crippen molar-refractivity contribution < 1.29 is 9.47 Å². The lowest BCUT2D eigenvalue weighted by molar-refractivity contribution is 0.174. The number of nitrogens with one attached hydrogen (secondary N) is 2. The smallest absolute Gasteiger partial charge is 0.231 e. The van der Waals surface area contributed by atoms with Crippen LogP contribution in [-0.4, -0.2) is 50.4 Å². The average molecular weight is 446 g/mol. The number of rotatable bonds is 5. The summed E-state index contributed by atoms with van der Waals surface area (Å²) in [7, 11) is 1.81. The van der Waals surface area contributed by atoms with Crippen molar-refractivity contribution in [3.8, 4) is 11.5 Å². The quantitative estimate of drug-likeness (QED) is 0.413. The molecule has 1 saturated heterocycles. The number of aliphatic imine (C=N–C) groups is 1. The van der Waals surface area contributed by atoms with Crippen LogP contribution < -0.4 is 20.1 Å². The Labute approximate surface area is 161 Å². The number of nitrogens with zero attached hydrogens (tertiary/aromatic N) is 2. The molecule has 0 aliphatic carbocycles. The van der Waals surface area contributed by atoms with Crippen LogP contribution in [-0.2, 0) is 6.54 Å². The van der Waals surface area contributed by atoms with E-state index in [-0.39, 0.29) is 24.0 Å². The van der Waals surface area contributed by atoms with Crippen molar-refractivity contribution in [2.45, 2.75) is 32.4 Å². The second-order valence-corrected chi connectivity index (χ2v) is 5.92. The van der Waals surface area contributed by atoms with Gasteiger partial charge in [-0.05, 0) is 43.6 Å². The van der Waals surface area contributed by atoms with Crippen molar-refractivity contribution in [2.24, 2.45) is 4.99 Å². The number of hydrogen-bond donors (Lipinski definition) is 2. The van der Waals surface area contributed by atoms with Crippen LogP contribution in [0.5, 0.6) is 11.5 Å². The molecule has 24 heavy (non-hydrogen) atoms. The Morgan fingerprint density at radius 2 is 2.12 bits per heavy atom. The Hall–Kier alpha value is -1.22. The molecule has 1 aromatic rings. The minimum absolute atomic E-state index is 0. The Balaban J connectivity index is 0.00000208. The number of guanidine groups is 1. The SMILES string of the molecule is CCN1CCCC1CNC(=NC)NCc1ccc2c(c1)OCO2.I. The van der Waals surface area contributed by atoms with Crippen molar-refractivity contribution in [1.29, 1.82) is 0 Å². The monoisotopic (exact) mass is 446 g/mol. The van der Waals surface area contributed by atoms with Gasteiger partial charge in [0.15, 0.2) is 17.5 Å². The molecule has 2 aliphatic rings. The fraction of sp³-hybridized carbons (Fsp3) is 0.588. The third-order valence-electron chi connectivity index (χ3n) is 4.53. The maximum absolute atomic E-state index is 5.41. The first-order valence-corrected chi connectivity index (χ1v) is 8.37. The summed E-state index contributed by atoms with van der Waals surface area (Å²) in [6.07, 6.45) is 2.56. The molecule has 2 heterocycles. The summed E-state index contributed by atoms with van der Waals surface area (Å²) in [5.74, 6) is 2.47. The molecule has 0 spiro atoms. The Morgan fingerprint density at radius 3 is 2.92 bits per heavy atom. The number of hydrogen-bond acceptors (Lipinski definition) is 4. The molecular weight excluding hydrogens is 419 g/mol. The molecule has 134 valence electrons. The molecule has 0 amide bonds. The summed E-state index contributed by atoms with van der Waals surface area (Å²) in [5, 5.41) is 6.80. The van der Waals surface area contributed by atoms with Gasteiger partial charge in [0.2, 0.25) is 6.79 Å². The maximum Gasteiger partial charge on any atom is 0.231 e. The number of halogens is 1. The number of likely N-dealkylation sites (N-methyl/N-ethyl adjacent to an activating group) is 1. The fourth-order valence-electron chi connectivity index (χ4n) is 3.21. The van der Waals surface area contributed by atoms with E-state index in [1.807, 2.05) is 18.2 Å². The predicted molar refractivity (Wildman–Crippen MR) is 106 cm³/mol. The van der Waals surface area contributed by atoms with Gasteiger partial charge in [-0.3, -0.25) is 9.89 Å². The molecule has 2 N–H and O–H groups in total. The highest BCUT2D eigenvalue weighted by Crippen LogP contribution is 2.32. The van der Waals surface area contributed by atoms with Crippen LogP contribution in [0, 0.1) is 0 Å². The molecule has 0 radical (unpaired) electrons. The van der Waals surface area contributed by atoms with Gasteiger partial charge in [-0.2, -0.15) is 0 Å². The van der Waals surface area contributed by atoms with Gasteiger partial charge >= 0.3 is 0 Å². The number of fused-ring (bicyclic) bond motifs is 1. The van der Waals surface area contributed by atoms with E-state index in [0.29, 0.717) is 19.4 Å². The minimum atomic E-state index is 0. The van der Waals surface area contributed by atoms with Gasteiger partial charge in [0.1, 0.15) is 0 Å². The van der Waals surface area contributed by atoms with E-state index in [1.165, 1.54) is 19.4 Å². The topological polar surface area (TPSA) is 58.1 Å². The Kier molecular flexibility index (Phi) is 7.41. The highest BCUT2D eigenvalue weighted by Gasteiger charge is 2.22. The van der Waals surface area contributed by atoms with Gasteiger partial charge in [-0.15, -0.1) is 24.0 Å². The van der Waals surface area contributed by atoms with Crippen molar-refractivity contribution in [1.82, 2.24) is 15.5 Å². The summed E-state index contributed by atoms with van der Waals surface area (Å²) in [5.41, 5.74) is 1.15. The van der Waals surface area contributed by atoms with Crippen LogP contribution in [0.25, 0.3) is 0 Å². The Morgan fingerprint density at radius 1 is 1.29 bits per heavy atom. The molecule has 0 saturated carbocycles. The van der Waals surface area contributed by atoms with Crippen LogP contribution in [0.3, 0.4) is 0 Å². The van der Waals surface area contributed by atoms with Gasteiger partial charge in [0.05, 0.1) is 0 Å². The zero-order chi connectivity index (χ0) is 16.1. The molecule has 3 rings (SSSR count). The van der Waals surface area contributed by atoms with E-state index in [1.54, 1.807) is 7.05 Å². The molecule has 1 unspecified atom stereocenters. The molecule has 7 heteroatoms. The minimum Gasteiger partial charge on any atom is -0.454 e. The van der Waals surface area contributed by atoms with E-state index < -0.39 is 0 Å². The summed E-state index contributed by atoms with van der Waals surface area (Å²) < 4.78 is 10.7. The molecule has 6 nitrogen and oxygen atoms in total. The number of ether oxygens (including phenoxy) is 2. The van der Waals surface area contributed by atoms with Gasteiger partial charge in [0, 0.05) is 26.2 Å². The van der Waals surface area contributed by atoms with Crippen molar-refractivity contribution in [3.63, 3.8) is 0 Å². The second-order valence-electron chi connectivity index (χ2n) is 5.92. The normalized spacial score (nSPS) is 19.9. The van der Waals surface area contributed by atoms with E-state index >= 15 is 0 Å². The number of benzene rings is 1. The first-order valence-electron chi connectivity index (χ1n) is 8.37. The van der Waals surface area contributed by atoms with Crippen LogP contribution in [0.4, 0.5) is 0 Å². The van der Waals surface area contributed by atoms with Crippen molar-refractivity contribution in [3.05, 3.63) is 23.8 Å². The molecule has 2 aliphatic heterocycles. The van der Waals surface area contributed by atoms with E-state index in [4.69, 9.17) is 9.47 Å². The largest absolute Gasteiger partial charge is 0.454 e. The summed E-state index contributed by atoms with van der Waals surface area (Å²) in [6, 6.07) is 6.62. The van der Waals surface area contributed by atoms with Gasteiger partial charge in [-0.1, -0.05) is 13.0 Å². The van der Waals surface area contributed by atoms with Crippen molar-refractivity contribution >= 4 is 29.9 Å². The lowest BCUT2D eigenvalue weighted by Crippen LogP contribution is -2.44. The highest BCUT2D eigenvalue weighted by atomic mass is 127.